The first kappa shape index (κ1) is 16.2. The first-order chi connectivity index (χ1) is 9.67. The highest BCUT2D eigenvalue weighted by Gasteiger charge is 2.47. The van der Waals surface area contributed by atoms with E-state index in [0.717, 1.165) is 19.5 Å². The Balaban J connectivity index is 2.26. The zero-order valence-electron chi connectivity index (χ0n) is 13.6. The second-order valence-electron chi connectivity index (χ2n) is 6.65. The highest BCUT2D eigenvalue weighted by molar-refractivity contribution is 5.04. The lowest BCUT2D eigenvalue weighted by Crippen LogP contribution is -2.66. The Morgan fingerprint density at radius 2 is 2.05 bits per heavy atom. The van der Waals surface area contributed by atoms with Crippen molar-refractivity contribution < 1.29 is 4.74 Å². The maximum Gasteiger partial charge on any atom is 0.0767 e. The molecule has 2 rings (SSSR count). The fraction of sp³-hybridized carbons (Fsp3) is 1.00. The summed E-state index contributed by atoms with van der Waals surface area (Å²) in [5.41, 5.74) is 6.37. The molecule has 1 heterocycles. The van der Waals surface area contributed by atoms with Gasteiger partial charge in [0.15, 0.2) is 0 Å². The summed E-state index contributed by atoms with van der Waals surface area (Å²) in [5, 5.41) is 0. The van der Waals surface area contributed by atoms with Crippen LogP contribution in [-0.2, 0) is 4.74 Å². The lowest BCUT2D eigenvalue weighted by atomic mass is 9.76. The maximum atomic E-state index is 6.30. The maximum absolute atomic E-state index is 6.30. The van der Waals surface area contributed by atoms with Gasteiger partial charge in [-0.2, -0.15) is 0 Å². The van der Waals surface area contributed by atoms with Crippen molar-refractivity contribution in [3.05, 3.63) is 0 Å². The van der Waals surface area contributed by atoms with Gasteiger partial charge in [0.25, 0.3) is 0 Å². The molecule has 0 aromatic rings. The molecule has 3 atom stereocenters. The molecule has 1 saturated heterocycles. The summed E-state index contributed by atoms with van der Waals surface area (Å²) in [6.07, 6.45) is 7.68. The Morgan fingerprint density at radius 1 is 1.25 bits per heavy atom. The number of hydrogen-bond acceptors (Lipinski definition) is 4. The fourth-order valence-corrected chi connectivity index (χ4v) is 4.39. The Morgan fingerprint density at radius 3 is 2.70 bits per heavy atom. The molecule has 1 aliphatic heterocycles. The van der Waals surface area contributed by atoms with Crippen LogP contribution >= 0.6 is 0 Å². The summed E-state index contributed by atoms with van der Waals surface area (Å²) >= 11 is 0. The van der Waals surface area contributed by atoms with E-state index >= 15 is 0 Å². The third kappa shape index (κ3) is 3.03. The molecule has 2 fully saturated rings. The Bertz CT molecular complexity index is 299. The third-order valence-corrected chi connectivity index (χ3v) is 5.51. The number of methoxy groups -OCH3 is 1. The quantitative estimate of drug-likeness (QED) is 0.852. The molecule has 0 aromatic carbocycles. The highest BCUT2D eigenvalue weighted by atomic mass is 16.5. The minimum atomic E-state index is 0.0683. The van der Waals surface area contributed by atoms with Crippen LogP contribution < -0.4 is 5.73 Å². The van der Waals surface area contributed by atoms with Gasteiger partial charge in [-0.3, -0.25) is 4.90 Å². The average Bonchev–Trinajstić information content (AvgIpc) is 2.68. The van der Waals surface area contributed by atoms with E-state index in [1.165, 1.54) is 45.2 Å². The summed E-state index contributed by atoms with van der Waals surface area (Å²) in [7, 11) is 4.11. The van der Waals surface area contributed by atoms with Crippen LogP contribution in [0.15, 0.2) is 0 Å². The molecule has 118 valence electrons. The minimum Gasteiger partial charge on any atom is -0.379 e. The van der Waals surface area contributed by atoms with Gasteiger partial charge in [-0.05, 0) is 39.3 Å². The molecule has 0 amide bonds. The smallest absolute Gasteiger partial charge is 0.0767 e. The van der Waals surface area contributed by atoms with Gasteiger partial charge in [0.2, 0.25) is 0 Å². The van der Waals surface area contributed by atoms with Gasteiger partial charge in [0.05, 0.1) is 11.6 Å². The van der Waals surface area contributed by atoms with Crippen molar-refractivity contribution >= 4 is 0 Å². The van der Waals surface area contributed by atoms with Crippen molar-refractivity contribution in [2.24, 2.45) is 5.73 Å². The summed E-state index contributed by atoms with van der Waals surface area (Å²) in [6, 6.07) is 0.613. The second-order valence-corrected chi connectivity index (χ2v) is 6.65. The molecule has 3 unspecified atom stereocenters. The van der Waals surface area contributed by atoms with Gasteiger partial charge in [0, 0.05) is 32.8 Å². The fourth-order valence-electron chi connectivity index (χ4n) is 4.39. The van der Waals surface area contributed by atoms with Gasteiger partial charge in [0.1, 0.15) is 0 Å². The van der Waals surface area contributed by atoms with Crippen molar-refractivity contribution in [3.8, 4) is 0 Å². The molecule has 1 aliphatic carbocycles. The molecule has 0 spiro atoms. The van der Waals surface area contributed by atoms with E-state index in [1.807, 2.05) is 7.11 Å². The van der Waals surface area contributed by atoms with Gasteiger partial charge >= 0.3 is 0 Å². The normalized spacial score (nSPS) is 37.8. The lowest BCUT2D eigenvalue weighted by Gasteiger charge is -2.52. The zero-order chi connectivity index (χ0) is 14.6. The van der Waals surface area contributed by atoms with Crippen LogP contribution in [0, 0.1) is 0 Å². The molecule has 0 radical (unpaired) electrons. The first-order valence-corrected chi connectivity index (χ1v) is 8.36. The second kappa shape index (κ2) is 7.21. The summed E-state index contributed by atoms with van der Waals surface area (Å²) in [5.74, 6) is 0. The van der Waals surface area contributed by atoms with E-state index in [1.54, 1.807) is 0 Å². The van der Waals surface area contributed by atoms with E-state index < -0.39 is 0 Å². The Kier molecular flexibility index (Phi) is 5.84. The summed E-state index contributed by atoms with van der Waals surface area (Å²) in [6.45, 7) is 6.57. The topological polar surface area (TPSA) is 41.7 Å². The Labute approximate surface area is 124 Å². The van der Waals surface area contributed by atoms with Crippen LogP contribution in [0.2, 0.25) is 0 Å². The number of likely N-dealkylation sites (N-methyl/N-ethyl adjacent to an activating group) is 1. The number of nitrogens with two attached hydrogens (primary N) is 1. The first-order valence-electron chi connectivity index (χ1n) is 8.36. The van der Waals surface area contributed by atoms with Gasteiger partial charge in [-0.25, -0.2) is 0 Å². The molecule has 0 bridgehead atoms. The third-order valence-electron chi connectivity index (χ3n) is 5.51. The number of nitrogens with zero attached hydrogens (tertiary/aromatic N) is 2. The van der Waals surface area contributed by atoms with Gasteiger partial charge in [-0.15, -0.1) is 0 Å². The average molecular weight is 283 g/mol. The van der Waals surface area contributed by atoms with Crippen molar-refractivity contribution in [3.63, 3.8) is 0 Å². The highest BCUT2D eigenvalue weighted by Crippen LogP contribution is 2.37. The predicted octanol–water partition coefficient (Wildman–Crippen LogP) is 1.69. The summed E-state index contributed by atoms with van der Waals surface area (Å²) < 4.78 is 5.88. The van der Waals surface area contributed by atoms with E-state index in [0.29, 0.717) is 12.1 Å². The monoisotopic (exact) mass is 283 g/mol. The van der Waals surface area contributed by atoms with Crippen molar-refractivity contribution in [2.45, 2.75) is 63.1 Å². The lowest BCUT2D eigenvalue weighted by molar-refractivity contribution is -0.0909. The molecular formula is C16H33N3O. The zero-order valence-corrected chi connectivity index (χ0v) is 13.6. The number of hydrogen-bond donors (Lipinski definition) is 1. The van der Waals surface area contributed by atoms with Gasteiger partial charge < -0.3 is 15.4 Å². The molecule has 2 N–H and O–H groups in total. The van der Waals surface area contributed by atoms with E-state index in [9.17, 15) is 0 Å². The van der Waals surface area contributed by atoms with Crippen LogP contribution in [-0.4, -0.2) is 67.8 Å². The van der Waals surface area contributed by atoms with Crippen molar-refractivity contribution in [2.75, 3.05) is 40.3 Å². The molecule has 4 nitrogen and oxygen atoms in total. The van der Waals surface area contributed by atoms with Crippen LogP contribution in [0.1, 0.15) is 45.4 Å². The van der Waals surface area contributed by atoms with Crippen LogP contribution in [0.25, 0.3) is 0 Å². The standard InChI is InChI=1S/C16H33N3O/c1-4-14-12-18(2)10-7-11-19(14)16(13-17)9-6-5-8-15(16)20-3/h14-15H,4-13,17H2,1-3H3. The molecule has 0 aromatic heterocycles. The molecule has 20 heavy (non-hydrogen) atoms. The van der Waals surface area contributed by atoms with Crippen LogP contribution in [0.5, 0.6) is 0 Å². The minimum absolute atomic E-state index is 0.0683. The van der Waals surface area contributed by atoms with Crippen LogP contribution in [0.4, 0.5) is 0 Å². The number of ether oxygens (including phenoxy) is 1. The van der Waals surface area contributed by atoms with E-state index in [4.69, 9.17) is 10.5 Å². The van der Waals surface area contributed by atoms with E-state index in [2.05, 4.69) is 23.8 Å². The molecule has 1 saturated carbocycles. The van der Waals surface area contributed by atoms with Crippen molar-refractivity contribution in [1.82, 2.24) is 9.80 Å². The Hall–Kier alpha value is -0.160. The predicted molar refractivity (Wildman–Crippen MR) is 83.9 cm³/mol. The SMILES string of the molecule is CCC1CN(C)CCCN1C1(CN)CCCCC1OC. The molecule has 4 heteroatoms. The van der Waals surface area contributed by atoms with Crippen LogP contribution in [0.3, 0.4) is 0 Å². The molecule has 2 aliphatic rings. The molecular weight excluding hydrogens is 250 g/mol. The van der Waals surface area contributed by atoms with Gasteiger partial charge in [-0.1, -0.05) is 19.8 Å². The summed E-state index contributed by atoms with van der Waals surface area (Å²) in [4.78, 5) is 5.20. The van der Waals surface area contributed by atoms with E-state index in [-0.39, 0.29) is 5.54 Å². The largest absolute Gasteiger partial charge is 0.379 e. The van der Waals surface area contributed by atoms with Crippen molar-refractivity contribution in [1.29, 1.82) is 0 Å². The number of rotatable bonds is 4.